The zero-order valence-corrected chi connectivity index (χ0v) is 14.9. The molecule has 0 radical (unpaired) electrons. The lowest BCUT2D eigenvalue weighted by atomic mass is 10.1. The van der Waals surface area contributed by atoms with Gasteiger partial charge in [-0.05, 0) is 25.5 Å². The Hall–Kier alpha value is -0.910. The predicted octanol–water partition coefficient (Wildman–Crippen LogP) is 3.41. The maximum absolute atomic E-state index is 12.1. The van der Waals surface area contributed by atoms with Crippen LogP contribution in [0.4, 0.5) is 5.69 Å². The van der Waals surface area contributed by atoms with E-state index < -0.39 is 0 Å². The number of carbonyl (C=O) groups excluding carboxylic acids is 1. The highest BCUT2D eigenvalue weighted by molar-refractivity contribution is 8.00. The van der Waals surface area contributed by atoms with Gasteiger partial charge in [0, 0.05) is 50.1 Å². The van der Waals surface area contributed by atoms with E-state index in [1.54, 1.807) is 11.8 Å². The van der Waals surface area contributed by atoms with E-state index in [2.05, 4.69) is 0 Å². The first-order chi connectivity index (χ1) is 10.5. The second-order valence-corrected chi connectivity index (χ2v) is 6.88. The first-order valence-corrected chi connectivity index (χ1v) is 8.92. The number of benzene rings is 1. The van der Waals surface area contributed by atoms with Gasteiger partial charge in [-0.15, -0.1) is 11.8 Å². The van der Waals surface area contributed by atoms with E-state index in [1.165, 1.54) is 0 Å². The number of anilines is 1. The number of carbonyl (C=O) groups is 1. The second-order valence-electron chi connectivity index (χ2n) is 5.40. The van der Waals surface area contributed by atoms with Crippen molar-refractivity contribution in [2.24, 2.45) is 0 Å². The largest absolute Gasteiger partial charge is 0.382 e. The summed E-state index contributed by atoms with van der Waals surface area (Å²) in [5, 5.41) is 0.728. The summed E-state index contributed by atoms with van der Waals surface area (Å²) in [6.07, 6.45) is 0.851. The highest BCUT2D eigenvalue weighted by atomic mass is 35.5. The van der Waals surface area contributed by atoms with Gasteiger partial charge in [-0.25, -0.2) is 0 Å². The van der Waals surface area contributed by atoms with Gasteiger partial charge in [0.2, 0.25) is 5.91 Å². The van der Waals surface area contributed by atoms with Gasteiger partial charge in [-0.1, -0.05) is 17.7 Å². The molecule has 0 saturated carbocycles. The Morgan fingerprint density at radius 3 is 2.86 bits per heavy atom. The minimum absolute atomic E-state index is 0.0119. The minimum Gasteiger partial charge on any atom is -0.382 e. The van der Waals surface area contributed by atoms with Gasteiger partial charge in [-0.3, -0.25) is 4.79 Å². The molecule has 1 unspecified atom stereocenters. The lowest BCUT2D eigenvalue weighted by molar-refractivity contribution is -0.128. The molecule has 6 heteroatoms. The molecule has 1 aromatic carbocycles. The number of nitrogens with zero attached hydrogens (tertiary/aromatic N) is 2. The quantitative estimate of drug-likeness (QED) is 0.711. The van der Waals surface area contributed by atoms with Crippen LogP contribution < -0.4 is 4.90 Å². The molecule has 1 aliphatic rings. The van der Waals surface area contributed by atoms with Crippen molar-refractivity contribution in [3.63, 3.8) is 0 Å². The lowest BCUT2D eigenvalue weighted by Crippen LogP contribution is -2.30. The van der Waals surface area contributed by atoms with Crippen molar-refractivity contribution in [2.45, 2.75) is 18.7 Å². The normalized spacial score (nSPS) is 18.1. The first kappa shape index (κ1) is 17.4. The third-order valence-electron chi connectivity index (χ3n) is 3.63. The Morgan fingerprint density at radius 2 is 2.23 bits per heavy atom. The highest BCUT2D eigenvalue weighted by Crippen LogP contribution is 2.42. The fourth-order valence-electron chi connectivity index (χ4n) is 2.43. The van der Waals surface area contributed by atoms with E-state index >= 15 is 0 Å². The van der Waals surface area contributed by atoms with Crippen LogP contribution in [0.5, 0.6) is 0 Å². The molecule has 2 rings (SSSR count). The summed E-state index contributed by atoms with van der Waals surface area (Å²) >= 11 is 8.09. The number of halogens is 1. The predicted molar refractivity (Wildman–Crippen MR) is 93.8 cm³/mol. The Bertz CT molecular complexity index is 525. The number of amides is 1. The van der Waals surface area contributed by atoms with Crippen molar-refractivity contribution in [1.29, 1.82) is 0 Å². The molecule has 1 heterocycles. The molecule has 1 atom stereocenters. The molecule has 1 amide bonds. The summed E-state index contributed by atoms with van der Waals surface area (Å²) in [7, 11) is 3.97. The van der Waals surface area contributed by atoms with Crippen LogP contribution in [-0.2, 0) is 9.53 Å². The van der Waals surface area contributed by atoms with E-state index in [0.29, 0.717) is 30.5 Å². The van der Waals surface area contributed by atoms with Crippen LogP contribution in [0.2, 0.25) is 5.02 Å². The van der Waals surface area contributed by atoms with Gasteiger partial charge < -0.3 is 14.5 Å². The Kier molecular flexibility index (Phi) is 6.41. The molecular formula is C16H23ClN2O2S. The summed E-state index contributed by atoms with van der Waals surface area (Å²) in [6.45, 7) is 4.09. The smallest absolute Gasteiger partial charge is 0.233 e. The first-order valence-electron chi connectivity index (χ1n) is 7.50. The van der Waals surface area contributed by atoms with Gasteiger partial charge >= 0.3 is 0 Å². The molecule has 0 aliphatic carbocycles. The maximum Gasteiger partial charge on any atom is 0.233 e. The third-order valence-corrected chi connectivity index (χ3v) is 5.19. The van der Waals surface area contributed by atoms with Gasteiger partial charge in [0.1, 0.15) is 5.37 Å². The maximum atomic E-state index is 12.1. The standard InChI is InChI=1S/C16H23ClN2O2S/c1-4-21-9-5-8-19-15(20)11-22-16(19)13-7-6-12(18(2)3)10-14(13)17/h6-7,10,16H,4-5,8-9,11H2,1-3H3. The van der Waals surface area contributed by atoms with E-state index in [-0.39, 0.29) is 11.3 Å². The summed E-state index contributed by atoms with van der Waals surface area (Å²) in [5.74, 6) is 0.699. The Labute approximate surface area is 141 Å². The summed E-state index contributed by atoms with van der Waals surface area (Å²) in [4.78, 5) is 16.1. The van der Waals surface area contributed by atoms with Crippen LogP contribution in [0.25, 0.3) is 0 Å². The summed E-state index contributed by atoms with van der Waals surface area (Å²) in [5.41, 5.74) is 2.07. The Balaban J connectivity index is 2.10. The van der Waals surface area contributed by atoms with Crippen molar-refractivity contribution < 1.29 is 9.53 Å². The molecule has 1 aliphatic heterocycles. The molecule has 4 nitrogen and oxygen atoms in total. The number of ether oxygens (including phenoxy) is 1. The van der Waals surface area contributed by atoms with Gasteiger partial charge in [0.25, 0.3) is 0 Å². The second kappa shape index (κ2) is 8.09. The monoisotopic (exact) mass is 342 g/mol. The lowest BCUT2D eigenvalue weighted by Gasteiger charge is -2.25. The highest BCUT2D eigenvalue weighted by Gasteiger charge is 2.33. The van der Waals surface area contributed by atoms with Crippen molar-refractivity contribution >= 4 is 35.0 Å². The summed E-state index contributed by atoms with van der Waals surface area (Å²) < 4.78 is 5.36. The number of hydrogen-bond donors (Lipinski definition) is 0. The molecule has 1 saturated heterocycles. The van der Waals surface area contributed by atoms with Crippen LogP contribution in [0, 0.1) is 0 Å². The zero-order valence-electron chi connectivity index (χ0n) is 13.3. The molecule has 1 aromatic rings. The molecule has 122 valence electrons. The average Bonchev–Trinajstić information content (AvgIpc) is 2.84. The number of hydrogen-bond acceptors (Lipinski definition) is 4. The van der Waals surface area contributed by atoms with Crippen molar-refractivity contribution in [2.75, 3.05) is 44.5 Å². The van der Waals surface area contributed by atoms with E-state index in [4.69, 9.17) is 16.3 Å². The van der Waals surface area contributed by atoms with Crippen molar-refractivity contribution in [3.05, 3.63) is 28.8 Å². The molecule has 0 aromatic heterocycles. The van der Waals surface area contributed by atoms with Crippen LogP contribution in [0.15, 0.2) is 18.2 Å². The van der Waals surface area contributed by atoms with Gasteiger partial charge in [-0.2, -0.15) is 0 Å². The fourth-order valence-corrected chi connectivity index (χ4v) is 4.03. The molecule has 0 spiro atoms. The number of rotatable bonds is 7. The molecule has 1 fully saturated rings. The van der Waals surface area contributed by atoms with Crippen LogP contribution in [0.3, 0.4) is 0 Å². The van der Waals surface area contributed by atoms with Crippen molar-refractivity contribution in [3.8, 4) is 0 Å². The van der Waals surface area contributed by atoms with Crippen LogP contribution in [-0.4, -0.2) is 50.4 Å². The minimum atomic E-state index is 0.0119. The Morgan fingerprint density at radius 1 is 1.45 bits per heavy atom. The molecule has 0 bridgehead atoms. The zero-order chi connectivity index (χ0) is 16.1. The van der Waals surface area contributed by atoms with E-state index in [0.717, 1.165) is 17.7 Å². The summed E-state index contributed by atoms with van der Waals surface area (Å²) in [6, 6.07) is 6.03. The fraction of sp³-hybridized carbons (Fsp3) is 0.562. The van der Waals surface area contributed by atoms with Gasteiger partial charge in [0.05, 0.1) is 5.75 Å². The van der Waals surface area contributed by atoms with E-state index in [1.807, 2.05) is 49.0 Å². The van der Waals surface area contributed by atoms with Crippen LogP contribution >= 0.6 is 23.4 Å². The topological polar surface area (TPSA) is 32.8 Å². The molecule has 22 heavy (non-hydrogen) atoms. The van der Waals surface area contributed by atoms with Crippen LogP contribution in [0.1, 0.15) is 24.3 Å². The molecular weight excluding hydrogens is 320 g/mol. The van der Waals surface area contributed by atoms with Crippen molar-refractivity contribution in [1.82, 2.24) is 4.90 Å². The van der Waals surface area contributed by atoms with E-state index in [9.17, 15) is 4.79 Å². The van der Waals surface area contributed by atoms with Gasteiger partial charge in [0.15, 0.2) is 0 Å². The third kappa shape index (κ3) is 4.09. The molecule has 0 N–H and O–H groups in total. The SMILES string of the molecule is CCOCCCN1C(=O)CSC1c1ccc(N(C)C)cc1Cl. The average molecular weight is 343 g/mol. The number of thioether (sulfide) groups is 1.